The fourth-order valence-electron chi connectivity index (χ4n) is 0.917. The van der Waals surface area contributed by atoms with E-state index in [9.17, 15) is 9.59 Å². The Morgan fingerprint density at radius 3 is 2.71 bits per heavy atom. The first-order chi connectivity index (χ1) is 6.77. The molecule has 1 aromatic heterocycles. The van der Waals surface area contributed by atoms with Gasteiger partial charge < -0.3 is 9.53 Å². The van der Waals surface area contributed by atoms with Crippen molar-refractivity contribution < 1.29 is 14.3 Å². The molecule has 0 bridgehead atoms. The predicted octanol–water partition coefficient (Wildman–Crippen LogP) is 1.21. The van der Waals surface area contributed by atoms with Crippen LogP contribution in [0.25, 0.3) is 0 Å². The lowest BCUT2D eigenvalue weighted by Crippen LogP contribution is -2.20. The number of hydrogen-bond acceptors (Lipinski definition) is 4. The van der Waals surface area contributed by atoms with Gasteiger partial charge in [-0.05, 0) is 18.6 Å². The molecule has 14 heavy (non-hydrogen) atoms. The van der Waals surface area contributed by atoms with E-state index in [1.807, 2.05) is 0 Å². The maximum Gasteiger partial charge on any atom is 0.321 e. The van der Waals surface area contributed by atoms with Gasteiger partial charge in [0.2, 0.25) is 0 Å². The minimum absolute atomic E-state index is 0.408. The van der Waals surface area contributed by atoms with Gasteiger partial charge in [-0.25, -0.2) is 0 Å². The summed E-state index contributed by atoms with van der Waals surface area (Å²) >= 11 is 0. The van der Waals surface area contributed by atoms with E-state index in [1.54, 1.807) is 19.1 Å². The van der Waals surface area contributed by atoms with Crippen molar-refractivity contribution in [2.75, 3.05) is 0 Å². The van der Waals surface area contributed by atoms with Crippen LogP contribution in [0.5, 0.6) is 5.75 Å². The van der Waals surface area contributed by atoms with E-state index in [0.717, 1.165) is 0 Å². The fourth-order valence-corrected chi connectivity index (χ4v) is 0.917. The van der Waals surface area contributed by atoms with Crippen molar-refractivity contribution in [2.45, 2.75) is 13.3 Å². The molecule has 0 saturated carbocycles. The largest absolute Gasteiger partial charge is 0.426 e. The highest BCUT2D eigenvalue weighted by molar-refractivity contribution is 5.88. The Morgan fingerprint density at radius 2 is 2.21 bits per heavy atom. The van der Waals surface area contributed by atoms with Crippen molar-refractivity contribution in [3.63, 3.8) is 0 Å². The Labute approximate surface area is 81.9 Å². The van der Waals surface area contributed by atoms with Gasteiger partial charge in [-0.15, -0.1) is 0 Å². The SMILES string of the molecule is CCC(C=O)C(=O)Oc1ccncc1. The molecule has 0 aliphatic rings. The average molecular weight is 193 g/mol. The summed E-state index contributed by atoms with van der Waals surface area (Å²) in [5.74, 6) is -0.790. The van der Waals surface area contributed by atoms with Crippen LogP contribution in [0.2, 0.25) is 0 Å². The van der Waals surface area contributed by atoms with Crippen molar-refractivity contribution in [3.8, 4) is 5.75 Å². The number of ether oxygens (including phenoxy) is 1. The maximum absolute atomic E-state index is 11.3. The molecule has 74 valence electrons. The number of carbonyl (C=O) groups is 2. The lowest BCUT2D eigenvalue weighted by atomic mass is 10.1. The normalized spacial score (nSPS) is 11.8. The molecule has 1 rings (SSSR count). The van der Waals surface area contributed by atoms with E-state index in [-0.39, 0.29) is 0 Å². The van der Waals surface area contributed by atoms with Crippen LogP contribution in [-0.4, -0.2) is 17.2 Å². The number of nitrogens with zero attached hydrogens (tertiary/aromatic N) is 1. The second-order valence-corrected chi connectivity index (χ2v) is 2.75. The third kappa shape index (κ3) is 2.65. The van der Waals surface area contributed by atoms with Gasteiger partial charge in [-0.2, -0.15) is 0 Å². The number of hydrogen-bond donors (Lipinski definition) is 0. The molecular weight excluding hydrogens is 182 g/mol. The zero-order valence-corrected chi connectivity index (χ0v) is 7.84. The van der Waals surface area contributed by atoms with Gasteiger partial charge in [0.05, 0.1) is 0 Å². The summed E-state index contributed by atoms with van der Waals surface area (Å²) in [6.45, 7) is 1.76. The number of aromatic nitrogens is 1. The van der Waals surface area contributed by atoms with Gasteiger partial charge in [-0.3, -0.25) is 9.78 Å². The van der Waals surface area contributed by atoms with E-state index in [0.29, 0.717) is 18.5 Å². The Bertz CT molecular complexity index is 310. The number of esters is 1. The molecule has 0 spiro atoms. The Balaban J connectivity index is 2.61. The molecule has 1 heterocycles. The number of pyridine rings is 1. The lowest BCUT2D eigenvalue weighted by molar-refractivity contribution is -0.141. The third-order valence-electron chi connectivity index (χ3n) is 1.78. The van der Waals surface area contributed by atoms with E-state index in [2.05, 4.69) is 4.98 Å². The summed E-state index contributed by atoms with van der Waals surface area (Å²) in [5.41, 5.74) is 0. The zero-order chi connectivity index (χ0) is 10.4. The highest BCUT2D eigenvalue weighted by atomic mass is 16.5. The first-order valence-corrected chi connectivity index (χ1v) is 4.35. The molecule has 0 fully saturated rings. The summed E-state index contributed by atoms with van der Waals surface area (Å²) in [6.07, 6.45) is 4.09. The number of carbonyl (C=O) groups excluding carboxylic acids is 2. The topological polar surface area (TPSA) is 56.3 Å². The quantitative estimate of drug-likeness (QED) is 0.409. The van der Waals surface area contributed by atoms with Gasteiger partial charge in [0.1, 0.15) is 18.0 Å². The van der Waals surface area contributed by atoms with E-state index < -0.39 is 11.9 Å². The predicted molar refractivity (Wildman–Crippen MR) is 49.7 cm³/mol. The summed E-state index contributed by atoms with van der Waals surface area (Å²) in [7, 11) is 0. The van der Waals surface area contributed by atoms with Crippen LogP contribution < -0.4 is 4.74 Å². The Hall–Kier alpha value is -1.71. The van der Waals surface area contributed by atoms with Crippen LogP contribution in [0.1, 0.15) is 13.3 Å². The first-order valence-electron chi connectivity index (χ1n) is 4.35. The number of rotatable bonds is 4. The smallest absolute Gasteiger partial charge is 0.321 e. The average Bonchev–Trinajstić information content (AvgIpc) is 2.21. The summed E-state index contributed by atoms with van der Waals surface area (Å²) in [5, 5.41) is 0. The van der Waals surface area contributed by atoms with Crippen LogP contribution in [0.4, 0.5) is 0 Å². The van der Waals surface area contributed by atoms with Gasteiger partial charge in [0.15, 0.2) is 0 Å². The summed E-state index contributed by atoms with van der Waals surface area (Å²) in [4.78, 5) is 25.5. The number of aldehydes is 1. The molecule has 1 atom stereocenters. The fraction of sp³-hybridized carbons (Fsp3) is 0.300. The highest BCUT2D eigenvalue weighted by Crippen LogP contribution is 2.10. The van der Waals surface area contributed by atoms with Crippen molar-refractivity contribution in [1.82, 2.24) is 4.98 Å². The molecular formula is C10H11NO3. The lowest BCUT2D eigenvalue weighted by Gasteiger charge is -2.06. The molecule has 0 aliphatic carbocycles. The van der Waals surface area contributed by atoms with Gasteiger partial charge in [-0.1, -0.05) is 6.92 Å². The standard InChI is InChI=1S/C10H11NO3/c1-2-8(7-12)10(13)14-9-3-5-11-6-4-9/h3-8H,2H2,1H3. The second kappa shape index (κ2) is 5.11. The highest BCUT2D eigenvalue weighted by Gasteiger charge is 2.17. The summed E-state index contributed by atoms with van der Waals surface area (Å²) < 4.78 is 4.95. The maximum atomic E-state index is 11.3. The van der Waals surface area contributed by atoms with Gasteiger partial charge >= 0.3 is 5.97 Å². The molecule has 0 aromatic carbocycles. The second-order valence-electron chi connectivity index (χ2n) is 2.75. The molecule has 1 unspecified atom stereocenters. The monoisotopic (exact) mass is 193 g/mol. The first kappa shape index (κ1) is 10.4. The molecule has 0 saturated heterocycles. The minimum atomic E-state index is -0.678. The Morgan fingerprint density at radius 1 is 1.57 bits per heavy atom. The minimum Gasteiger partial charge on any atom is -0.426 e. The third-order valence-corrected chi connectivity index (χ3v) is 1.78. The van der Waals surface area contributed by atoms with E-state index in [4.69, 9.17) is 4.74 Å². The van der Waals surface area contributed by atoms with E-state index >= 15 is 0 Å². The van der Waals surface area contributed by atoms with Crippen molar-refractivity contribution in [2.24, 2.45) is 5.92 Å². The van der Waals surface area contributed by atoms with Crippen LogP contribution >= 0.6 is 0 Å². The van der Waals surface area contributed by atoms with Gasteiger partial charge in [0, 0.05) is 12.4 Å². The summed E-state index contributed by atoms with van der Waals surface area (Å²) in [6, 6.07) is 3.13. The molecule has 0 N–H and O–H groups in total. The van der Waals surface area contributed by atoms with E-state index in [1.165, 1.54) is 12.4 Å². The molecule has 0 radical (unpaired) electrons. The molecule has 1 aromatic rings. The van der Waals surface area contributed by atoms with Crippen LogP contribution in [-0.2, 0) is 9.59 Å². The zero-order valence-electron chi connectivity index (χ0n) is 7.84. The van der Waals surface area contributed by atoms with Crippen molar-refractivity contribution >= 4 is 12.3 Å². The van der Waals surface area contributed by atoms with Crippen LogP contribution in [0.15, 0.2) is 24.5 Å². The molecule has 4 heteroatoms. The Kier molecular flexibility index (Phi) is 3.79. The van der Waals surface area contributed by atoms with Crippen LogP contribution in [0, 0.1) is 5.92 Å². The van der Waals surface area contributed by atoms with Crippen molar-refractivity contribution in [1.29, 1.82) is 0 Å². The van der Waals surface area contributed by atoms with Crippen LogP contribution in [0.3, 0.4) is 0 Å². The van der Waals surface area contributed by atoms with Gasteiger partial charge in [0.25, 0.3) is 0 Å². The molecule has 0 aliphatic heterocycles. The molecule has 4 nitrogen and oxygen atoms in total. The van der Waals surface area contributed by atoms with Crippen molar-refractivity contribution in [3.05, 3.63) is 24.5 Å². The molecule has 0 amide bonds.